The molecule has 8 nitrogen and oxygen atoms in total. The standard InChI is InChI=1S/C18H16ClN7O/c19-10-5-6-13-12(9-10)15(24-17(22-13)18(27)21-8-7-20)23-16-11-3-1-2-4-14(11)25-26-16/h1-6,9H,7-8,20H2,(H,21,27)(H2,22,23,24,25,26). The zero-order valence-electron chi connectivity index (χ0n) is 14.2. The molecule has 0 aliphatic carbocycles. The number of anilines is 2. The van der Waals surface area contributed by atoms with Gasteiger partial charge in [0.15, 0.2) is 5.82 Å². The topological polar surface area (TPSA) is 122 Å². The first kappa shape index (κ1) is 17.2. The maximum atomic E-state index is 12.3. The van der Waals surface area contributed by atoms with Crippen LogP contribution in [0.3, 0.4) is 0 Å². The minimum atomic E-state index is -0.396. The molecule has 0 spiro atoms. The number of hydrogen-bond donors (Lipinski definition) is 4. The van der Waals surface area contributed by atoms with Crippen molar-refractivity contribution in [2.24, 2.45) is 5.73 Å². The van der Waals surface area contributed by atoms with Crippen molar-refractivity contribution in [3.05, 3.63) is 53.3 Å². The minimum absolute atomic E-state index is 0.0422. The van der Waals surface area contributed by atoms with Gasteiger partial charge < -0.3 is 16.4 Å². The number of nitrogens with one attached hydrogen (secondary N) is 3. The molecule has 27 heavy (non-hydrogen) atoms. The van der Waals surface area contributed by atoms with Gasteiger partial charge in [-0.1, -0.05) is 23.7 Å². The summed E-state index contributed by atoms with van der Waals surface area (Å²) in [4.78, 5) is 21.0. The van der Waals surface area contributed by atoms with E-state index >= 15 is 0 Å². The first-order valence-corrected chi connectivity index (χ1v) is 8.69. The lowest BCUT2D eigenvalue weighted by Crippen LogP contribution is -2.30. The van der Waals surface area contributed by atoms with Gasteiger partial charge in [0.1, 0.15) is 5.82 Å². The van der Waals surface area contributed by atoms with Crippen molar-refractivity contribution < 1.29 is 4.79 Å². The summed E-state index contributed by atoms with van der Waals surface area (Å²) in [5.74, 6) is 0.685. The number of para-hydroxylation sites is 1. The summed E-state index contributed by atoms with van der Waals surface area (Å²) in [6, 6.07) is 12.9. The van der Waals surface area contributed by atoms with E-state index in [2.05, 4.69) is 30.8 Å². The Morgan fingerprint density at radius 3 is 2.81 bits per heavy atom. The van der Waals surface area contributed by atoms with E-state index in [1.165, 1.54) is 0 Å². The summed E-state index contributed by atoms with van der Waals surface area (Å²) >= 11 is 6.14. The van der Waals surface area contributed by atoms with Gasteiger partial charge in [-0.2, -0.15) is 5.10 Å². The lowest BCUT2D eigenvalue weighted by atomic mass is 10.2. The quantitative estimate of drug-likeness (QED) is 0.421. The summed E-state index contributed by atoms with van der Waals surface area (Å²) in [6.07, 6.45) is 0. The Labute approximate surface area is 159 Å². The van der Waals surface area contributed by atoms with E-state index < -0.39 is 5.91 Å². The summed E-state index contributed by atoms with van der Waals surface area (Å²) in [7, 11) is 0. The van der Waals surface area contributed by atoms with E-state index in [0.717, 1.165) is 10.9 Å². The summed E-state index contributed by atoms with van der Waals surface area (Å²) in [5.41, 5.74) is 6.92. The number of hydrogen-bond acceptors (Lipinski definition) is 6. The van der Waals surface area contributed by atoms with E-state index in [9.17, 15) is 4.79 Å². The van der Waals surface area contributed by atoms with Gasteiger partial charge >= 0.3 is 0 Å². The van der Waals surface area contributed by atoms with Crippen molar-refractivity contribution in [3.63, 3.8) is 0 Å². The maximum Gasteiger partial charge on any atom is 0.289 e. The molecule has 5 N–H and O–H groups in total. The first-order chi connectivity index (χ1) is 13.2. The van der Waals surface area contributed by atoms with Gasteiger partial charge in [0, 0.05) is 28.9 Å². The smallest absolute Gasteiger partial charge is 0.289 e. The predicted octanol–water partition coefficient (Wildman–Crippen LogP) is 2.59. The number of aromatic amines is 1. The highest BCUT2D eigenvalue weighted by Crippen LogP contribution is 2.28. The number of halogens is 1. The third-order valence-corrected chi connectivity index (χ3v) is 4.23. The van der Waals surface area contributed by atoms with Crippen LogP contribution in [0.1, 0.15) is 10.6 Å². The molecule has 2 aromatic heterocycles. The molecule has 1 amide bonds. The Kier molecular flexibility index (Phi) is 4.57. The normalized spacial score (nSPS) is 11.0. The van der Waals surface area contributed by atoms with E-state index in [1.807, 2.05) is 24.3 Å². The fraction of sp³-hybridized carbons (Fsp3) is 0.111. The number of carbonyl (C=O) groups is 1. The summed E-state index contributed by atoms with van der Waals surface area (Å²) < 4.78 is 0. The first-order valence-electron chi connectivity index (χ1n) is 8.31. The van der Waals surface area contributed by atoms with Crippen LogP contribution in [0.2, 0.25) is 5.02 Å². The summed E-state index contributed by atoms with van der Waals surface area (Å²) in [5, 5.41) is 15.3. The van der Waals surface area contributed by atoms with Crippen LogP contribution < -0.4 is 16.4 Å². The molecule has 4 aromatic rings. The van der Waals surface area contributed by atoms with Gasteiger partial charge in [-0.25, -0.2) is 9.97 Å². The van der Waals surface area contributed by atoms with Crippen LogP contribution in [0.5, 0.6) is 0 Å². The van der Waals surface area contributed by atoms with Crippen molar-refractivity contribution in [2.45, 2.75) is 0 Å². The lowest BCUT2D eigenvalue weighted by molar-refractivity contribution is 0.0945. The van der Waals surface area contributed by atoms with E-state index in [1.54, 1.807) is 18.2 Å². The fourth-order valence-electron chi connectivity index (χ4n) is 2.73. The van der Waals surface area contributed by atoms with Crippen LogP contribution in [0.25, 0.3) is 21.8 Å². The average molecular weight is 382 g/mol. The van der Waals surface area contributed by atoms with Gasteiger partial charge in [-0.15, -0.1) is 0 Å². The van der Waals surface area contributed by atoms with Crippen molar-refractivity contribution in [1.29, 1.82) is 0 Å². The minimum Gasteiger partial charge on any atom is -0.348 e. The molecule has 0 aliphatic heterocycles. The number of nitrogens with two attached hydrogens (primary N) is 1. The number of rotatable bonds is 5. The molecule has 136 valence electrons. The summed E-state index contributed by atoms with van der Waals surface area (Å²) in [6.45, 7) is 0.674. The third-order valence-electron chi connectivity index (χ3n) is 4.00. The molecule has 0 aliphatic rings. The number of nitrogens with zero attached hydrogens (tertiary/aromatic N) is 3. The van der Waals surface area contributed by atoms with Crippen LogP contribution in [0.4, 0.5) is 11.6 Å². The molecule has 0 radical (unpaired) electrons. The van der Waals surface area contributed by atoms with Crippen molar-refractivity contribution in [2.75, 3.05) is 18.4 Å². The van der Waals surface area contributed by atoms with Crippen LogP contribution in [-0.2, 0) is 0 Å². The zero-order chi connectivity index (χ0) is 18.8. The third kappa shape index (κ3) is 3.40. The maximum absolute atomic E-state index is 12.3. The van der Waals surface area contributed by atoms with Gasteiger partial charge in [-0.3, -0.25) is 9.89 Å². The number of H-pyrrole nitrogens is 1. The average Bonchev–Trinajstić information content (AvgIpc) is 3.09. The Morgan fingerprint density at radius 1 is 1.11 bits per heavy atom. The second-order valence-electron chi connectivity index (χ2n) is 5.84. The number of aromatic nitrogens is 4. The van der Waals surface area contributed by atoms with E-state index in [-0.39, 0.29) is 5.82 Å². The van der Waals surface area contributed by atoms with Gasteiger partial charge in [0.25, 0.3) is 5.91 Å². The van der Waals surface area contributed by atoms with Gasteiger partial charge in [0.2, 0.25) is 5.82 Å². The lowest BCUT2D eigenvalue weighted by Gasteiger charge is -2.10. The van der Waals surface area contributed by atoms with E-state index in [4.69, 9.17) is 17.3 Å². The second-order valence-corrected chi connectivity index (χ2v) is 6.28. The molecule has 2 heterocycles. The fourth-order valence-corrected chi connectivity index (χ4v) is 2.91. The van der Waals surface area contributed by atoms with Crippen LogP contribution in [-0.4, -0.2) is 39.2 Å². The highest BCUT2D eigenvalue weighted by molar-refractivity contribution is 6.31. The Bertz CT molecular complexity index is 1140. The molecule has 0 atom stereocenters. The zero-order valence-corrected chi connectivity index (χ0v) is 14.9. The Balaban J connectivity index is 1.81. The van der Waals surface area contributed by atoms with E-state index in [0.29, 0.717) is 40.7 Å². The largest absolute Gasteiger partial charge is 0.348 e. The molecule has 2 aromatic carbocycles. The van der Waals surface area contributed by atoms with Crippen molar-refractivity contribution >= 4 is 50.9 Å². The van der Waals surface area contributed by atoms with Gasteiger partial charge in [0.05, 0.1) is 11.0 Å². The molecular formula is C18H16ClN7O. The molecule has 0 fully saturated rings. The van der Waals surface area contributed by atoms with Crippen molar-refractivity contribution in [1.82, 2.24) is 25.5 Å². The number of amides is 1. The number of carbonyl (C=O) groups excluding carboxylic acids is 1. The van der Waals surface area contributed by atoms with Gasteiger partial charge in [-0.05, 0) is 30.3 Å². The predicted molar refractivity (Wildman–Crippen MR) is 105 cm³/mol. The van der Waals surface area contributed by atoms with Crippen LogP contribution in [0, 0.1) is 0 Å². The van der Waals surface area contributed by atoms with Crippen LogP contribution in [0.15, 0.2) is 42.5 Å². The highest BCUT2D eigenvalue weighted by Gasteiger charge is 2.16. The molecular weight excluding hydrogens is 366 g/mol. The molecule has 9 heteroatoms. The number of fused-ring (bicyclic) bond motifs is 2. The monoisotopic (exact) mass is 381 g/mol. The second kappa shape index (κ2) is 7.18. The molecule has 0 bridgehead atoms. The number of benzene rings is 2. The molecule has 4 rings (SSSR count). The Morgan fingerprint density at radius 2 is 1.96 bits per heavy atom. The molecule has 0 unspecified atom stereocenters. The highest BCUT2D eigenvalue weighted by atomic mass is 35.5. The Hall–Kier alpha value is -3.23. The molecule has 0 saturated carbocycles. The van der Waals surface area contributed by atoms with Crippen molar-refractivity contribution in [3.8, 4) is 0 Å². The SMILES string of the molecule is NCCNC(=O)c1nc(Nc2n[nH]c3ccccc23)c2cc(Cl)ccc2n1. The van der Waals surface area contributed by atoms with Crippen LogP contribution >= 0.6 is 11.6 Å². The molecule has 0 saturated heterocycles.